The number of aromatic nitrogens is 4. The van der Waals surface area contributed by atoms with E-state index in [0.29, 0.717) is 62.0 Å². The minimum atomic E-state index is -0.512. The SMILES string of the molecule is CCCCn1c(=O)c(NC(=O)Nc2cc(Cn3ccnc3)ccc2C(C)(C)C)c(-c2cccc(OCCCOCc3ccccc3)c2)c2cccnc21. The molecular weight excluding hydrogens is 665 g/mol. The second kappa shape index (κ2) is 17.2. The van der Waals surface area contributed by atoms with Gasteiger partial charge in [-0.05, 0) is 64.4 Å². The van der Waals surface area contributed by atoms with Gasteiger partial charge in [0.1, 0.15) is 17.1 Å². The van der Waals surface area contributed by atoms with Crippen LogP contribution in [0.2, 0.25) is 0 Å². The number of carbonyl (C=O) groups excluding carboxylic acids is 1. The molecule has 10 nitrogen and oxygen atoms in total. The van der Waals surface area contributed by atoms with Crippen LogP contribution in [0.1, 0.15) is 63.6 Å². The van der Waals surface area contributed by atoms with E-state index in [1.54, 1.807) is 23.3 Å². The smallest absolute Gasteiger partial charge is 0.323 e. The molecule has 0 spiro atoms. The van der Waals surface area contributed by atoms with Gasteiger partial charge in [0.2, 0.25) is 0 Å². The van der Waals surface area contributed by atoms with E-state index in [1.165, 1.54) is 0 Å². The predicted molar refractivity (Wildman–Crippen MR) is 212 cm³/mol. The summed E-state index contributed by atoms with van der Waals surface area (Å²) in [6, 6.07) is 27.1. The molecule has 0 aliphatic heterocycles. The maximum atomic E-state index is 14.4. The van der Waals surface area contributed by atoms with Crippen molar-refractivity contribution in [3.8, 4) is 16.9 Å². The summed E-state index contributed by atoms with van der Waals surface area (Å²) >= 11 is 0. The van der Waals surface area contributed by atoms with Crippen LogP contribution < -0.4 is 20.9 Å². The topological polar surface area (TPSA) is 112 Å². The molecule has 0 saturated heterocycles. The van der Waals surface area contributed by atoms with Crippen LogP contribution in [0.15, 0.2) is 115 Å². The summed E-state index contributed by atoms with van der Waals surface area (Å²) in [7, 11) is 0. The first-order valence-corrected chi connectivity index (χ1v) is 18.2. The van der Waals surface area contributed by atoms with Crippen LogP contribution in [0.4, 0.5) is 16.2 Å². The summed E-state index contributed by atoms with van der Waals surface area (Å²) in [5.74, 6) is 0.651. The lowest BCUT2D eigenvalue weighted by atomic mass is 9.85. The molecule has 10 heteroatoms. The molecule has 6 rings (SSSR count). The highest BCUT2D eigenvalue weighted by atomic mass is 16.5. The van der Waals surface area contributed by atoms with Gasteiger partial charge in [0, 0.05) is 54.7 Å². The maximum Gasteiger partial charge on any atom is 0.323 e. The first-order valence-electron chi connectivity index (χ1n) is 18.2. The molecule has 0 atom stereocenters. The number of hydrogen-bond acceptors (Lipinski definition) is 6. The lowest BCUT2D eigenvalue weighted by Gasteiger charge is -2.24. The summed E-state index contributed by atoms with van der Waals surface area (Å²) in [5, 5.41) is 6.84. The van der Waals surface area contributed by atoms with Crippen molar-refractivity contribution in [2.45, 2.75) is 72.1 Å². The van der Waals surface area contributed by atoms with Crippen molar-refractivity contribution in [3.05, 3.63) is 137 Å². The summed E-state index contributed by atoms with van der Waals surface area (Å²) in [6.07, 6.45) is 9.49. The molecule has 2 amide bonds. The maximum absolute atomic E-state index is 14.4. The lowest BCUT2D eigenvalue weighted by Crippen LogP contribution is -2.30. The number of amides is 2. The zero-order valence-corrected chi connectivity index (χ0v) is 31.0. The van der Waals surface area contributed by atoms with Crippen LogP contribution in [0.25, 0.3) is 22.2 Å². The Morgan fingerprint density at radius 3 is 2.49 bits per heavy atom. The summed E-state index contributed by atoms with van der Waals surface area (Å²) in [5.41, 5.74) is 5.27. The molecule has 2 N–H and O–H groups in total. The number of unbranched alkanes of at least 4 members (excludes halogenated alkanes) is 1. The van der Waals surface area contributed by atoms with Crippen molar-refractivity contribution in [2.24, 2.45) is 0 Å². The number of imidazole rings is 1. The van der Waals surface area contributed by atoms with Gasteiger partial charge in [0.05, 0.1) is 26.1 Å². The van der Waals surface area contributed by atoms with Crippen LogP contribution in [0.5, 0.6) is 5.75 Å². The van der Waals surface area contributed by atoms with E-state index < -0.39 is 6.03 Å². The zero-order valence-electron chi connectivity index (χ0n) is 31.0. The average Bonchev–Trinajstić information content (AvgIpc) is 3.66. The molecule has 0 aliphatic rings. The molecule has 3 aromatic carbocycles. The monoisotopic (exact) mass is 712 g/mol. The number of pyridine rings is 2. The Morgan fingerprint density at radius 2 is 1.72 bits per heavy atom. The number of nitrogens with one attached hydrogen (secondary N) is 2. The van der Waals surface area contributed by atoms with E-state index in [1.807, 2.05) is 89.6 Å². The highest BCUT2D eigenvalue weighted by molar-refractivity contribution is 6.07. The number of rotatable bonds is 15. The van der Waals surface area contributed by atoms with Gasteiger partial charge < -0.3 is 24.7 Å². The fraction of sp³-hybridized carbons (Fsp3) is 0.302. The first-order chi connectivity index (χ1) is 25.7. The van der Waals surface area contributed by atoms with Crippen molar-refractivity contribution in [1.82, 2.24) is 19.1 Å². The van der Waals surface area contributed by atoms with Gasteiger partial charge in [-0.25, -0.2) is 14.8 Å². The molecule has 0 radical (unpaired) electrons. The van der Waals surface area contributed by atoms with Gasteiger partial charge in [-0.15, -0.1) is 0 Å². The van der Waals surface area contributed by atoms with Crippen LogP contribution >= 0.6 is 0 Å². The molecule has 0 unspecified atom stereocenters. The van der Waals surface area contributed by atoms with Gasteiger partial charge in [-0.2, -0.15) is 0 Å². The van der Waals surface area contributed by atoms with Crippen LogP contribution in [0.3, 0.4) is 0 Å². The lowest BCUT2D eigenvalue weighted by molar-refractivity contribution is 0.107. The van der Waals surface area contributed by atoms with Crippen LogP contribution in [-0.4, -0.2) is 38.3 Å². The normalized spacial score (nSPS) is 11.5. The highest BCUT2D eigenvalue weighted by Gasteiger charge is 2.23. The van der Waals surface area contributed by atoms with Gasteiger partial charge in [-0.3, -0.25) is 9.36 Å². The van der Waals surface area contributed by atoms with E-state index in [0.717, 1.165) is 40.5 Å². The fourth-order valence-electron chi connectivity index (χ4n) is 6.38. The number of ether oxygens (including phenoxy) is 2. The predicted octanol–water partition coefficient (Wildman–Crippen LogP) is 9.04. The Balaban J connectivity index is 1.29. The molecule has 6 aromatic rings. The number of fused-ring (bicyclic) bond motifs is 1. The third-order valence-electron chi connectivity index (χ3n) is 9.00. The number of hydrogen-bond donors (Lipinski definition) is 2. The zero-order chi connectivity index (χ0) is 37.2. The number of benzene rings is 3. The second-order valence-corrected chi connectivity index (χ2v) is 14.1. The number of carbonyl (C=O) groups is 1. The third kappa shape index (κ3) is 9.39. The molecule has 0 saturated carbocycles. The standard InChI is InChI=1S/C43H48N6O4/c1-5-6-22-49-40-35(17-11-20-45-40)38(33-15-10-16-34(27-33)53-25-12-24-52-29-31-13-8-7-9-14-31)39(41(49)50)47-42(51)46-37-26-32(28-48-23-21-44-30-48)18-19-36(37)43(2,3)4/h7-11,13-21,23,26-27,30H,5-6,12,22,24-25,28-29H2,1-4H3,(H2,46,47,51). The van der Waals surface area contributed by atoms with Crippen molar-refractivity contribution >= 4 is 28.4 Å². The molecule has 0 aliphatic carbocycles. The third-order valence-corrected chi connectivity index (χ3v) is 9.00. The Kier molecular flexibility index (Phi) is 12.0. The fourth-order valence-corrected chi connectivity index (χ4v) is 6.38. The minimum absolute atomic E-state index is 0.178. The quantitative estimate of drug-likeness (QED) is 0.103. The molecule has 0 bridgehead atoms. The Morgan fingerprint density at radius 1 is 0.868 bits per heavy atom. The molecule has 274 valence electrons. The van der Waals surface area contributed by atoms with Gasteiger partial charge in [0.25, 0.3) is 5.56 Å². The van der Waals surface area contributed by atoms with Crippen LogP contribution in [-0.2, 0) is 29.8 Å². The Labute approximate surface area is 310 Å². The van der Waals surface area contributed by atoms with E-state index in [4.69, 9.17) is 9.47 Å². The average molecular weight is 713 g/mol. The molecule has 0 fully saturated rings. The van der Waals surface area contributed by atoms with E-state index in [2.05, 4.69) is 54.4 Å². The number of anilines is 2. The first kappa shape index (κ1) is 37.0. The van der Waals surface area contributed by atoms with E-state index in [9.17, 15) is 9.59 Å². The number of nitrogens with zero attached hydrogens (tertiary/aromatic N) is 4. The highest BCUT2D eigenvalue weighted by Crippen LogP contribution is 2.36. The largest absolute Gasteiger partial charge is 0.493 e. The van der Waals surface area contributed by atoms with Gasteiger partial charge in [0.15, 0.2) is 0 Å². The molecule has 53 heavy (non-hydrogen) atoms. The van der Waals surface area contributed by atoms with Gasteiger partial charge in [-0.1, -0.05) is 88.7 Å². The van der Waals surface area contributed by atoms with Crippen molar-refractivity contribution in [3.63, 3.8) is 0 Å². The minimum Gasteiger partial charge on any atom is -0.493 e. The Hall–Kier alpha value is -5.74. The Bertz CT molecular complexity index is 2190. The second-order valence-electron chi connectivity index (χ2n) is 14.1. The van der Waals surface area contributed by atoms with Crippen LogP contribution in [0, 0.1) is 0 Å². The number of urea groups is 1. The summed E-state index contributed by atoms with van der Waals surface area (Å²) < 4.78 is 15.6. The summed E-state index contributed by atoms with van der Waals surface area (Å²) in [4.78, 5) is 37.3. The molecular formula is C43H48N6O4. The van der Waals surface area contributed by atoms with Gasteiger partial charge >= 0.3 is 6.03 Å². The summed E-state index contributed by atoms with van der Waals surface area (Å²) in [6.45, 7) is 11.0. The number of aryl methyl sites for hydroxylation is 1. The molecule has 3 aromatic heterocycles. The van der Waals surface area contributed by atoms with Crippen molar-refractivity contribution in [2.75, 3.05) is 23.8 Å². The van der Waals surface area contributed by atoms with Crippen molar-refractivity contribution < 1.29 is 14.3 Å². The van der Waals surface area contributed by atoms with E-state index >= 15 is 0 Å². The van der Waals surface area contributed by atoms with Crippen molar-refractivity contribution in [1.29, 1.82) is 0 Å². The van der Waals surface area contributed by atoms with E-state index in [-0.39, 0.29) is 16.7 Å². The molecule has 3 heterocycles.